The lowest BCUT2D eigenvalue weighted by atomic mass is 10.00. The van der Waals surface area contributed by atoms with Crippen molar-refractivity contribution in [3.8, 4) is 22.5 Å². The van der Waals surface area contributed by atoms with Crippen molar-refractivity contribution in [2.24, 2.45) is 7.05 Å². The molecule has 1 aliphatic rings. The second kappa shape index (κ2) is 9.36. The molecular weight excluding hydrogens is 430 g/mol. The third-order valence-electron chi connectivity index (χ3n) is 5.87. The van der Waals surface area contributed by atoms with Crippen LogP contribution >= 0.6 is 0 Å². The van der Waals surface area contributed by atoms with E-state index >= 15 is 0 Å². The molecule has 8 heteroatoms. The molecule has 2 aromatic carbocycles. The van der Waals surface area contributed by atoms with Gasteiger partial charge in [0.2, 0.25) is 5.95 Å². The van der Waals surface area contributed by atoms with E-state index in [0.29, 0.717) is 42.6 Å². The number of hydrogen-bond donors (Lipinski definition) is 0. The van der Waals surface area contributed by atoms with Crippen LogP contribution in [0.2, 0.25) is 0 Å². The molecule has 34 heavy (non-hydrogen) atoms. The number of benzene rings is 2. The van der Waals surface area contributed by atoms with E-state index < -0.39 is 6.10 Å². The summed E-state index contributed by atoms with van der Waals surface area (Å²) in [6, 6.07) is 20.7. The van der Waals surface area contributed by atoms with Gasteiger partial charge in [-0.1, -0.05) is 54.6 Å². The van der Waals surface area contributed by atoms with Gasteiger partial charge in [-0.05, 0) is 17.2 Å². The minimum absolute atomic E-state index is 0.0960. The Labute approximate surface area is 196 Å². The summed E-state index contributed by atoms with van der Waals surface area (Å²) in [5.41, 5.74) is 3.55. The molecule has 1 atom stereocenters. The Morgan fingerprint density at radius 1 is 1.00 bits per heavy atom. The van der Waals surface area contributed by atoms with E-state index in [9.17, 15) is 9.59 Å². The van der Waals surface area contributed by atoms with Crippen LogP contribution < -0.4 is 10.5 Å². The first-order chi connectivity index (χ1) is 16.6. The quantitative estimate of drug-likeness (QED) is 0.429. The van der Waals surface area contributed by atoms with Crippen molar-refractivity contribution in [2.75, 3.05) is 24.6 Å². The van der Waals surface area contributed by atoms with E-state index in [4.69, 9.17) is 4.74 Å². The maximum Gasteiger partial charge on any atom is 0.255 e. The van der Waals surface area contributed by atoms with Crippen LogP contribution in [-0.2, 0) is 11.8 Å². The maximum absolute atomic E-state index is 13.2. The fourth-order valence-electron chi connectivity index (χ4n) is 4.02. The third kappa shape index (κ3) is 4.35. The molecule has 0 saturated carbocycles. The summed E-state index contributed by atoms with van der Waals surface area (Å²) in [5.74, 6) is 0.378. The number of morpholine rings is 1. The number of aromatic nitrogens is 4. The number of nitrogens with zero attached hydrogens (tertiary/aromatic N) is 5. The summed E-state index contributed by atoms with van der Waals surface area (Å²) in [7, 11) is 1.67. The molecule has 0 aliphatic carbocycles. The Bertz CT molecular complexity index is 1360. The fraction of sp³-hybridized carbons (Fsp3) is 0.192. The number of Topliss-reactive ketones (excluding diaryl/α,β-unsaturated/α-hetero) is 1. The zero-order chi connectivity index (χ0) is 23.5. The van der Waals surface area contributed by atoms with Crippen LogP contribution in [0.4, 0.5) is 5.95 Å². The van der Waals surface area contributed by atoms with Crippen LogP contribution in [0.15, 0.2) is 84.0 Å². The number of ketones is 1. The van der Waals surface area contributed by atoms with Gasteiger partial charge in [0.1, 0.15) is 12.4 Å². The van der Waals surface area contributed by atoms with Gasteiger partial charge in [0.15, 0.2) is 5.78 Å². The number of ether oxygens (including phenoxy) is 1. The van der Waals surface area contributed by atoms with E-state index in [2.05, 4.69) is 15.0 Å². The molecule has 3 heterocycles. The monoisotopic (exact) mass is 453 g/mol. The Balaban J connectivity index is 1.37. The SMILES string of the molecule is Cn1c(N2CCOC(C(=O)c3ccc(-c4ccccc4)cc3)C2)nc(-c2ccncn2)cc1=O. The topological polar surface area (TPSA) is 90.2 Å². The van der Waals surface area contributed by atoms with Crippen LogP contribution in [0.25, 0.3) is 22.5 Å². The lowest BCUT2D eigenvalue weighted by molar-refractivity contribution is 0.0337. The van der Waals surface area contributed by atoms with Crippen molar-refractivity contribution >= 4 is 11.7 Å². The zero-order valence-electron chi connectivity index (χ0n) is 18.7. The number of anilines is 1. The van der Waals surface area contributed by atoms with E-state index in [1.165, 1.54) is 17.0 Å². The summed E-state index contributed by atoms with van der Waals surface area (Å²) in [5, 5.41) is 0. The van der Waals surface area contributed by atoms with Gasteiger partial charge in [-0.3, -0.25) is 14.2 Å². The Kier molecular flexibility index (Phi) is 5.97. The molecule has 5 rings (SSSR count). The van der Waals surface area contributed by atoms with Crippen molar-refractivity contribution < 1.29 is 9.53 Å². The van der Waals surface area contributed by atoms with Gasteiger partial charge >= 0.3 is 0 Å². The Hall–Kier alpha value is -4.17. The van der Waals surface area contributed by atoms with Crippen LogP contribution in [0.3, 0.4) is 0 Å². The smallest absolute Gasteiger partial charge is 0.255 e. The highest BCUT2D eigenvalue weighted by Crippen LogP contribution is 2.22. The normalized spacial score (nSPS) is 15.8. The molecule has 0 bridgehead atoms. The van der Waals surface area contributed by atoms with Crippen LogP contribution in [0.1, 0.15) is 10.4 Å². The average molecular weight is 454 g/mol. The summed E-state index contributed by atoms with van der Waals surface area (Å²) < 4.78 is 7.30. The van der Waals surface area contributed by atoms with Gasteiger partial charge in [0, 0.05) is 31.4 Å². The molecule has 1 fully saturated rings. The molecule has 8 nitrogen and oxygen atoms in total. The second-order valence-electron chi connectivity index (χ2n) is 8.05. The van der Waals surface area contributed by atoms with Crippen molar-refractivity contribution in [1.82, 2.24) is 19.5 Å². The van der Waals surface area contributed by atoms with Crippen molar-refractivity contribution in [3.05, 3.63) is 95.2 Å². The molecule has 2 aromatic heterocycles. The van der Waals surface area contributed by atoms with Gasteiger partial charge < -0.3 is 9.64 Å². The van der Waals surface area contributed by atoms with Crippen molar-refractivity contribution in [3.63, 3.8) is 0 Å². The number of carbonyl (C=O) groups is 1. The molecule has 170 valence electrons. The van der Waals surface area contributed by atoms with E-state index in [1.54, 1.807) is 19.3 Å². The number of rotatable bonds is 5. The van der Waals surface area contributed by atoms with Crippen LogP contribution in [-0.4, -0.2) is 51.1 Å². The molecule has 1 saturated heterocycles. The lowest BCUT2D eigenvalue weighted by Crippen LogP contribution is -2.48. The van der Waals surface area contributed by atoms with E-state index in [1.807, 2.05) is 59.5 Å². The highest BCUT2D eigenvalue weighted by Gasteiger charge is 2.29. The molecule has 0 N–H and O–H groups in total. The highest BCUT2D eigenvalue weighted by molar-refractivity contribution is 6.00. The molecule has 1 aliphatic heterocycles. The van der Waals surface area contributed by atoms with Gasteiger partial charge in [0.25, 0.3) is 5.56 Å². The number of carbonyl (C=O) groups excluding carboxylic acids is 1. The Morgan fingerprint density at radius 2 is 1.76 bits per heavy atom. The fourth-order valence-corrected chi connectivity index (χ4v) is 4.02. The van der Waals surface area contributed by atoms with Crippen LogP contribution in [0, 0.1) is 0 Å². The van der Waals surface area contributed by atoms with Gasteiger partial charge in [-0.2, -0.15) is 0 Å². The van der Waals surface area contributed by atoms with Gasteiger partial charge in [-0.15, -0.1) is 0 Å². The predicted molar refractivity (Wildman–Crippen MR) is 129 cm³/mol. The number of hydrogen-bond acceptors (Lipinski definition) is 7. The van der Waals surface area contributed by atoms with Crippen LogP contribution in [0.5, 0.6) is 0 Å². The molecule has 0 amide bonds. The van der Waals surface area contributed by atoms with Gasteiger partial charge in [-0.25, -0.2) is 15.0 Å². The minimum atomic E-state index is -0.657. The molecule has 0 radical (unpaired) electrons. The summed E-state index contributed by atoms with van der Waals surface area (Å²) in [6.07, 6.45) is 2.37. The zero-order valence-corrected chi connectivity index (χ0v) is 18.7. The first kappa shape index (κ1) is 21.7. The van der Waals surface area contributed by atoms with Crippen molar-refractivity contribution in [1.29, 1.82) is 0 Å². The first-order valence-electron chi connectivity index (χ1n) is 11.0. The third-order valence-corrected chi connectivity index (χ3v) is 5.87. The summed E-state index contributed by atoms with van der Waals surface area (Å²) in [6.45, 7) is 1.17. The highest BCUT2D eigenvalue weighted by atomic mass is 16.5. The molecule has 1 unspecified atom stereocenters. The summed E-state index contributed by atoms with van der Waals surface area (Å²) in [4.78, 5) is 40.5. The van der Waals surface area contributed by atoms with Crippen molar-refractivity contribution in [2.45, 2.75) is 6.10 Å². The second-order valence-corrected chi connectivity index (χ2v) is 8.05. The molecular formula is C26H23N5O3. The van der Waals surface area contributed by atoms with Gasteiger partial charge in [0.05, 0.1) is 24.5 Å². The lowest BCUT2D eigenvalue weighted by Gasteiger charge is -2.33. The standard InChI is InChI=1S/C26H23N5O3/c1-30-24(32)15-22(21-11-12-27-17-28-21)29-26(30)31-13-14-34-23(16-31)25(33)20-9-7-19(8-10-20)18-5-3-2-4-6-18/h2-12,15,17,23H,13-14,16H2,1H3. The average Bonchev–Trinajstić information content (AvgIpc) is 2.91. The largest absolute Gasteiger partial charge is 0.366 e. The Morgan fingerprint density at radius 3 is 2.50 bits per heavy atom. The molecule has 0 spiro atoms. The summed E-state index contributed by atoms with van der Waals surface area (Å²) >= 11 is 0. The predicted octanol–water partition coefficient (Wildman–Crippen LogP) is 2.99. The van der Waals surface area contributed by atoms with E-state index in [0.717, 1.165) is 11.1 Å². The van der Waals surface area contributed by atoms with E-state index in [-0.39, 0.29) is 11.3 Å². The molecule has 4 aromatic rings. The first-order valence-corrected chi connectivity index (χ1v) is 11.0. The minimum Gasteiger partial charge on any atom is -0.366 e. The maximum atomic E-state index is 13.2.